The van der Waals surface area contributed by atoms with Crippen LogP contribution in [0.5, 0.6) is 0 Å². The summed E-state index contributed by atoms with van der Waals surface area (Å²) in [4.78, 5) is 0. The fourth-order valence-electron chi connectivity index (χ4n) is 5.60. The molecule has 0 aliphatic heterocycles. The molecule has 5 aromatic carbocycles. The van der Waals surface area contributed by atoms with Gasteiger partial charge in [0.2, 0.25) is 0 Å². The van der Waals surface area contributed by atoms with Crippen molar-refractivity contribution in [2.45, 2.75) is 12.6 Å². The molecule has 1 aliphatic carbocycles. The van der Waals surface area contributed by atoms with Crippen LogP contribution < -0.4 is 32.9 Å². The van der Waals surface area contributed by atoms with Crippen LogP contribution in [0.2, 0.25) is 0 Å². The number of halogens is 1. The molecule has 0 aromatic heterocycles. The minimum absolute atomic E-state index is 0. The number of benzene rings is 5. The van der Waals surface area contributed by atoms with E-state index < -0.39 is 7.26 Å². The van der Waals surface area contributed by atoms with Gasteiger partial charge in [-0.25, -0.2) is 0 Å². The maximum absolute atomic E-state index is 2.43. The normalized spacial score (nSPS) is 14.1. The number of fused-ring (bicyclic) bond motifs is 3. The van der Waals surface area contributed by atoms with Gasteiger partial charge in [-0.05, 0) is 54.4 Å². The monoisotopic (exact) mass is 520 g/mol. The van der Waals surface area contributed by atoms with Crippen LogP contribution in [0.25, 0.3) is 11.1 Å². The number of aryl methyl sites for hydroxylation is 1. The van der Waals surface area contributed by atoms with Crippen LogP contribution in [0.4, 0.5) is 0 Å². The molecule has 1 unspecified atom stereocenters. The van der Waals surface area contributed by atoms with Crippen molar-refractivity contribution >= 4 is 23.2 Å². The lowest BCUT2D eigenvalue weighted by atomic mass is 10.0. The number of hydrogen-bond acceptors (Lipinski definition) is 0. The van der Waals surface area contributed by atoms with E-state index in [0.717, 1.165) is 0 Å². The smallest absolute Gasteiger partial charge is 0.135 e. The summed E-state index contributed by atoms with van der Waals surface area (Å²) in [5.41, 5.74) is 7.26. The van der Waals surface area contributed by atoms with Gasteiger partial charge in [0.25, 0.3) is 0 Å². The van der Waals surface area contributed by atoms with Gasteiger partial charge in [0.15, 0.2) is 0 Å². The Morgan fingerprint density at radius 3 is 1.44 bits per heavy atom. The van der Waals surface area contributed by atoms with E-state index in [2.05, 4.69) is 140 Å². The molecular formula is C32H26BrP. The van der Waals surface area contributed by atoms with Crippen molar-refractivity contribution in [3.05, 3.63) is 150 Å². The third-order valence-electron chi connectivity index (χ3n) is 6.92. The third-order valence-corrected chi connectivity index (χ3v) is 11.6. The molecule has 0 spiro atoms. The Hall–Kier alpha value is -2.99. The van der Waals surface area contributed by atoms with Crippen molar-refractivity contribution in [2.24, 2.45) is 0 Å². The van der Waals surface area contributed by atoms with Crippen LogP contribution in [0.1, 0.15) is 22.3 Å². The summed E-state index contributed by atoms with van der Waals surface area (Å²) >= 11 is 0. The Morgan fingerprint density at radius 1 is 0.471 bits per heavy atom. The van der Waals surface area contributed by atoms with E-state index in [-0.39, 0.29) is 22.6 Å². The largest absolute Gasteiger partial charge is 1.00 e. The second kappa shape index (κ2) is 9.34. The fourth-order valence-corrected chi connectivity index (χ4v) is 10.6. The highest BCUT2D eigenvalue weighted by Crippen LogP contribution is 2.72. The second-order valence-electron chi connectivity index (χ2n) is 8.81. The van der Waals surface area contributed by atoms with E-state index in [0.29, 0.717) is 0 Å². The molecule has 2 heteroatoms. The average molecular weight is 521 g/mol. The molecular weight excluding hydrogens is 495 g/mol. The summed E-state index contributed by atoms with van der Waals surface area (Å²) < 4.78 is 0. The maximum Gasteiger partial charge on any atom is 0.135 e. The Morgan fingerprint density at radius 2 is 0.912 bits per heavy atom. The van der Waals surface area contributed by atoms with Crippen LogP contribution in [0.15, 0.2) is 133 Å². The SMILES string of the molecule is Cc1ccc2c(c1)C([P+](c1ccccc1)(c1ccccc1)c1ccccc1)c1ccccc1-2.[Br-]. The average Bonchev–Trinajstić information content (AvgIpc) is 3.20. The molecule has 0 bridgehead atoms. The molecule has 1 aliphatic rings. The van der Waals surface area contributed by atoms with Crippen molar-refractivity contribution in [1.29, 1.82) is 0 Å². The summed E-state index contributed by atoms with van der Waals surface area (Å²) in [5.74, 6) is 0. The Bertz CT molecular complexity index is 1320. The molecule has 6 rings (SSSR count). The molecule has 1 atom stereocenters. The summed E-state index contributed by atoms with van der Waals surface area (Å²) in [6, 6.07) is 49.8. The van der Waals surface area contributed by atoms with Gasteiger partial charge in [-0.3, -0.25) is 0 Å². The van der Waals surface area contributed by atoms with E-state index in [4.69, 9.17) is 0 Å². The van der Waals surface area contributed by atoms with Crippen molar-refractivity contribution in [2.75, 3.05) is 0 Å². The van der Waals surface area contributed by atoms with Crippen LogP contribution in [0.3, 0.4) is 0 Å². The zero-order chi connectivity index (χ0) is 22.3. The molecule has 0 nitrogen and oxygen atoms in total. The molecule has 0 saturated heterocycles. The first kappa shape index (κ1) is 22.8. The van der Waals surface area contributed by atoms with Crippen molar-refractivity contribution in [3.8, 4) is 11.1 Å². The van der Waals surface area contributed by atoms with Crippen LogP contribution in [-0.2, 0) is 0 Å². The lowest BCUT2D eigenvalue weighted by molar-refractivity contribution is -0.00000631. The molecule has 166 valence electrons. The standard InChI is InChI=1S/C32H26P.BrH/c1-24-21-22-29-28-19-11-12-20-30(28)32(31(29)23-24)33(25-13-5-2-6-14-25,26-15-7-3-8-16-26)27-17-9-4-10-18-27;/h2-23,32H,1H3;1H/q+1;/p-1. The third kappa shape index (κ3) is 3.47. The van der Waals surface area contributed by atoms with Gasteiger partial charge in [-0.2, -0.15) is 0 Å². The van der Waals surface area contributed by atoms with Gasteiger partial charge in [-0.1, -0.05) is 103 Å². The Labute approximate surface area is 213 Å². The summed E-state index contributed by atoms with van der Waals surface area (Å²) in [6.07, 6.45) is 0. The molecule has 0 fully saturated rings. The van der Waals surface area contributed by atoms with Crippen molar-refractivity contribution < 1.29 is 17.0 Å². The first-order chi connectivity index (χ1) is 16.3. The Kier molecular flexibility index (Phi) is 6.26. The van der Waals surface area contributed by atoms with E-state index in [1.807, 2.05) is 0 Å². The van der Waals surface area contributed by atoms with Crippen LogP contribution in [0, 0.1) is 6.92 Å². The quantitative estimate of drug-likeness (QED) is 0.313. The lowest BCUT2D eigenvalue weighted by Crippen LogP contribution is -3.00. The van der Waals surface area contributed by atoms with Gasteiger partial charge in [0.1, 0.15) is 28.8 Å². The number of rotatable bonds is 4. The maximum atomic E-state index is 2.43. The summed E-state index contributed by atoms with van der Waals surface area (Å²) in [7, 11) is -2.09. The lowest BCUT2D eigenvalue weighted by Gasteiger charge is -2.34. The minimum Gasteiger partial charge on any atom is -1.00 e. The fraction of sp³-hybridized carbons (Fsp3) is 0.0625. The predicted octanol–water partition coefficient (Wildman–Crippen LogP) is 4.06. The molecule has 0 radical (unpaired) electrons. The summed E-state index contributed by atoms with van der Waals surface area (Å²) in [6.45, 7) is 2.22. The molecule has 0 N–H and O–H groups in total. The molecule has 0 saturated carbocycles. The molecule has 5 aromatic rings. The minimum atomic E-state index is -2.09. The highest BCUT2D eigenvalue weighted by molar-refractivity contribution is 7.96. The highest BCUT2D eigenvalue weighted by Gasteiger charge is 2.56. The first-order valence-corrected chi connectivity index (χ1v) is 13.4. The van der Waals surface area contributed by atoms with Crippen molar-refractivity contribution in [1.82, 2.24) is 0 Å². The van der Waals surface area contributed by atoms with Crippen LogP contribution in [-0.4, -0.2) is 0 Å². The van der Waals surface area contributed by atoms with E-state index in [1.54, 1.807) is 0 Å². The van der Waals surface area contributed by atoms with Gasteiger partial charge < -0.3 is 17.0 Å². The van der Waals surface area contributed by atoms with Gasteiger partial charge >= 0.3 is 0 Å². The topological polar surface area (TPSA) is 0 Å². The van der Waals surface area contributed by atoms with Gasteiger partial charge in [0.05, 0.1) is 0 Å². The predicted molar refractivity (Wildman–Crippen MR) is 144 cm³/mol. The molecule has 34 heavy (non-hydrogen) atoms. The van der Waals surface area contributed by atoms with Crippen LogP contribution >= 0.6 is 7.26 Å². The molecule has 0 heterocycles. The van der Waals surface area contributed by atoms with Crippen molar-refractivity contribution in [3.63, 3.8) is 0 Å². The zero-order valence-corrected chi connectivity index (χ0v) is 21.6. The van der Waals surface area contributed by atoms with E-state index >= 15 is 0 Å². The summed E-state index contributed by atoms with van der Waals surface area (Å²) in [5, 5.41) is 4.28. The number of hydrogen-bond donors (Lipinski definition) is 0. The molecule has 0 amide bonds. The van der Waals surface area contributed by atoms with Gasteiger partial charge in [0, 0.05) is 11.1 Å². The van der Waals surface area contributed by atoms with E-state index in [9.17, 15) is 0 Å². The highest BCUT2D eigenvalue weighted by atomic mass is 79.9. The first-order valence-electron chi connectivity index (χ1n) is 11.6. The van der Waals surface area contributed by atoms with E-state index in [1.165, 1.54) is 43.7 Å². The van der Waals surface area contributed by atoms with Gasteiger partial charge in [-0.15, -0.1) is 0 Å². The second-order valence-corrected chi connectivity index (χ2v) is 12.3. The Balaban J connectivity index is 0.00000241. The zero-order valence-electron chi connectivity index (χ0n) is 19.1.